The molecule has 1 aromatic carbocycles. The Kier molecular flexibility index (Phi) is 5.33. The number of rotatable bonds is 3. The van der Waals surface area contributed by atoms with E-state index >= 15 is 0 Å². The van der Waals surface area contributed by atoms with Crippen LogP contribution in [-0.4, -0.2) is 18.6 Å². The van der Waals surface area contributed by atoms with Crippen LogP contribution in [0.4, 0.5) is 5.69 Å². The van der Waals surface area contributed by atoms with E-state index in [9.17, 15) is 4.79 Å². The Bertz CT molecular complexity index is 485. The largest absolute Gasteiger partial charge is 0.467 e. The van der Waals surface area contributed by atoms with Crippen molar-refractivity contribution in [2.45, 2.75) is 44.1 Å². The summed E-state index contributed by atoms with van der Waals surface area (Å²) in [5.41, 5.74) is 0.270. The molecule has 2 rings (SSSR count). The van der Waals surface area contributed by atoms with Gasteiger partial charge in [0.25, 0.3) is 0 Å². The van der Waals surface area contributed by atoms with Crippen LogP contribution in [0.25, 0.3) is 0 Å². The number of benzene rings is 1. The third-order valence-electron chi connectivity index (χ3n) is 3.84. The van der Waals surface area contributed by atoms with Crippen LogP contribution in [0.5, 0.6) is 0 Å². The van der Waals surface area contributed by atoms with Crippen LogP contribution in [0.1, 0.15) is 38.5 Å². The molecule has 1 N–H and O–H groups in total. The lowest BCUT2D eigenvalue weighted by Gasteiger charge is -2.32. The number of carbonyl (C=O) groups is 1. The van der Waals surface area contributed by atoms with Gasteiger partial charge in [-0.1, -0.05) is 37.3 Å². The van der Waals surface area contributed by atoms with E-state index < -0.39 is 5.54 Å². The third-order valence-corrected chi connectivity index (χ3v) is 5.05. The maximum Gasteiger partial charge on any atom is 0.331 e. The highest BCUT2D eigenvalue weighted by molar-refractivity contribution is 9.10. The van der Waals surface area contributed by atoms with E-state index in [1.54, 1.807) is 0 Å². The fourth-order valence-corrected chi connectivity index (χ4v) is 3.25. The Hall–Kier alpha value is -0.740. The zero-order valence-corrected chi connectivity index (χ0v) is 13.9. The number of carbonyl (C=O) groups excluding carboxylic acids is 1. The predicted octanol–water partition coefficient (Wildman–Crippen LogP) is 4.78. The van der Waals surface area contributed by atoms with Crippen LogP contribution in [0.3, 0.4) is 0 Å². The average molecular weight is 361 g/mol. The molecular weight excluding hydrogens is 342 g/mol. The first-order valence-electron chi connectivity index (χ1n) is 6.89. The zero-order chi connectivity index (χ0) is 14.6. The summed E-state index contributed by atoms with van der Waals surface area (Å²) in [5.74, 6) is -0.175. The maximum atomic E-state index is 12.3. The second-order valence-electron chi connectivity index (χ2n) is 5.24. The van der Waals surface area contributed by atoms with Crippen molar-refractivity contribution in [3.63, 3.8) is 0 Å². The lowest BCUT2D eigenvalue weighted by Crippen LogP contribution is -2.46. The molecule has 0 heterocycles. The molecule has 1 aromatic rings. The third kappa shape index (κ3) is 3.47. The molecule has 0 aromatic heterocycles. The minimum absolute atomic E-state index is 0.175. The van der Waals surface area contributed by atoms with Gasteiger partial charge in [-0.25, -0.2) is 4.79 Å². The first-order chi connectivity index (χ1) is 9.57. The standard InChI is InChI=1S/C15H19BrClNO2/c1-20-14(19)15(8-4-2-3-5-9-15)18-11-6-7-13(17)12(16)10-11/h6-7,10,18H,2-5,8-9H2,1H3. The normalized spacial score (nSPS) is 18.1. The first kappa shape index (κ1) is 15.6. The van der Waals surface area contributed by atoms with E-state index in [0.29, 0.717) is 5.02 Å². The van der Waals surface area contributed by atoms with Crippen LogP contribution in [0.2, 0.25) is 5.02 Å². The summed E-state index contributed by atoms with van der Waals surface area (Å²) in [7, 11) is 1.45. The van der Waals surface area contributed by atoms with Crippen molar-refractivity contribution < 1.29 is 9.53 Å². The van der Waals surface area contributed by atoms with E-state index in [4.69, 9.17) is 16.3 Å². The van der Waals surface area contributed by atoms with Crippen molar-refractivity contribution in [1.29, 1.82) is 0 Å². The predicted molar refractivity (Wildman–Crippen MR) is 85.2 cm³/mol. The van der Waals surface area contributed by atoms with Gasteiger partial charge in [-0.05, 0) is 47.0 Å². The van der Waals surface area contributed by atoms with Crippen molar-refractivity contribution in [2.24, 2.45) is 0 Å². The minimum Gasteiger partial charge on any atom is -0.467 e. The van der Waals surface area contributed by atoms with Gasteiger partial charge < -0.3 is 10.1 Å². The molecule has 3 nitrogen and oxygen atoms in total. The summed E-state index contributed by atoms with van der Waals surface area (Å²) in [5, 5.41) is 4.05. The van der Waals surface area contributed by atoms with Crippen molar-refractivity contribution in [2.75, 3.05) is 12.4 Å². The Morgan fingerprint density at radius 2 is 1.95 bits per heavy atom. The Labute approximate surface area is 133 Å². The van der Waals surface area contributed by atoms with Gasteiger partial charge in [-0.2, -0.15) is 0 Å². The second kappa shape index (κ2) is 6.81. The van der Waals surface area contributed by atoms with Gasteiger partial charge in [0.2, 0.25) is 0 Å². The second-order valence-corrected chi connectivity index (χ2v) is 6.50. The van der Waals surface area contributed by atoms with Crippen LogP contribution in [-0.2, 0) is 9.53 Å². The molecule has 5 heteroatoms. The fraction of sp³-hybridized carbons (Fsp3) is 0.533. The van der Waals surface area contributed by atoms with E-state index in [0.717, 1.165) is 35.8 Å². The highest BCUT2D eigenvalue weighted by Gasteiger charge is 2.39. The molecule has 1 saturated carbocycles. The SMILES string of the molecule is COC(=O)C1(Nc2ccc(Cl)c(Br)c2)CCCCCC1. The number of hydrogen-bond donors (Lipinski definition) is 1. The molecule has 1 aliphatic rings. The molecule has 0 unspecified atom stereocenters. The molecule has 0 aliphatic heterocycles. The van der Waals surface area contributed by atoms with Gasteiger partial charge in [0.1, 0.15) is 5.54 Å². The number of hydrogen-bond acceptors (Lipinski definition) is 3. The molecule has 20 heavy (non-hydrogen) atoms. The number of halogens is 2. The van der Waals surface area contributed by atoms with Gasteiger partial charge >= 0.3 is 5.97 Å². The number of anilines is 1. The summed E-state index contributed by atoms with van der Waals surface area (Å²) >= 11 is 9.42. The van der Waals surface area contributed by atoms with E-state index in [1.165, 1.54) is 20.0 Å². The molecule has 0 saturated heterocycles. The van der Waals surface area contributed by atoms with Crippen LogP contribution >= 0.6 is 27.5 Å². The maximum absolute atomic E-state index is 12.3. The van der Waals surface area contributed by atoms with E-state index in [1.807, 2.05) is 18.2 Å². The van der Waals surface area contributed by atoms with E-state index in [-0.39, 0.29) is 5.97 Å². The fourth-order valence-electron chi connectivity index (χ4n) is 2.76. The van der Waals surface area contributed by atoms with Gasteiger partial charge in [-0.15, -0.1) is 0 Å². The molecule has 0 spiro atoms. The van der Waals surface area contributed by atoms with Gasteiger partial charge in [0, 0.05) is 10.2 Å². The summed E-state index contributed by atoms with van der Waals surface area (Å²) in [4.78, 5) is 12.3. The highest BCUT2D eigenvalue weighted by Crippen LogP contribution is 2.34. The zero-order valence-electron chi connectivity index (χ0n) is 11.5. The number of ether oxygens (including phenoxy) is 1. The molecule has 0 bridgehead atoms. The molecule has 1 aliphatic carbocycles. The van der Waals surface area contributed by atoms with Gasteiger partial charge in [-0.3, -0.25) is 0 Å². The molecule has 110 valence electrons. The quantitative estimate of drug-likeness (QED) is 0.622. The monoisotopic (exact) mass is 359 g/mol. The highest BCUT2D eigenvalue weighted by atomic mass is 79.9. The topological polar surface area (TPSA) is 38.3 Å². The number of esters is 1. The Balaban J connectivity index is 2.26. The smallest absolute Gasteiger partial charge is 0.331 e. The summed E-state index contributed by atoms with van der Waals surface area (Å²) in [6.45, 7) is 0. The molecule has 1 fully saturated rings. The summed E-state index contributed by atoms with van der Waals surface area (Å²) < 4.78 is 5.85. The number of methoxy groups -OCH3 is 1. The lowest BCUT2D eigenvalue weighted by molar-refractivity contribution is -0.146. The molecule has 0 radical (unpaired) electrons. The molecular formula is C15H19BrClNO2. The van der Waals surface area contributed by atoms with Gasteiger partial charge in [0.15, 0.2) is 0 Å². The van der Waals surface area contributed by atoms with Crippen molar-refractivity contribution in [3.05, 3.63) is 27.7 Å². The van der Waals surface area contributed by atoms with Crippen molar-refractivity contribution >= 4 is 39.2 Å². The average Bonchev–Trinajstić information content (AvgIpc) is 2.68. The number of nitrogens with one attached hydrogen (secondary N) is 1. The van der Waals surface area contributed by atoms with Crippen LogP contribution < -0.4 is 5.32 Å². The van der Waals surface area contributed by atoms with Crippen LogP contribution in [0, 0.1) is 0 Å². The summed E-state index contributed by atoms with van der Waals surface area (Å²) in [6.07, 6.45) is 6.03. The first-order valence-corrected chi connectivity index (χ1v) is 8.06. The molecule has 0 atom stereocenters. The Morgan fingerprint density at radius 1 is 1.30 bits per heavy atom. The van der Waals surface area contributed by atoms with Crippen molar-refractivity contribution in [3.8, 4) is 0 Å². The summed E-state index contributed by atoms with van der Waals surface area (Å²) in [6, 6.07) is 5.61. The lowest BCUT2D eigenvalue weighted by atomic mass is 9.89. The molecule has 0 amide bonds. The van der Waals surface area contributed by atoms with Gasteiger partial charge in [0.05, 0.1) is 12.1 Å². The minimum atomic E-state index is -0.613. The van der Waals surface area contributed by atoms with Crippen molar-refractivity contribution in [1.82, 2.24) is 0 Å². The van der Waals surface area contributed by atoms with Crippen LogP contribution in [0.15, 0.2) is 22.7 Å². The Morgan fingerprint density at radius 3 is 2.50 bits per heavy atom. The van der Waals surface area contributed by atoms with E-state index in [2.05, 4.69) is 21.2 Å².